The maximum Gasteiger partial charge on any atom is 0.119 e. The van der Waals surface area contributed by atoms with Crippen LogP contribution in [0.4, 0.5) is 0 Å². The second-order valence-electron chi connectivity index (χ2n) is 4.94. The van der Waals surface area contributed by atoms with Gasteiger partial charge in [0.2, 0.25) is 0 Å². The summed E-state index contributed by atoms with van der Waals surface area (Å²) in [6.45, 7) is 4.06. The zero-order chi connectivity index (χ0) is 15.1. The minimum atomic E-state index is 0.198. The van der Waals surface area contributed by atoms with Crippen LogP contribution >= 0.6 is 11.8 Å². The zero-order valence-electron chi connectivity index (χ0n) is 12.6. The van der Waals surface area contributed by atoms with Crippen LogP contribution in [-0.2, 0) is 0 Å². The van der Waals surface area contributed by atoms with E-state index in [1.165, 1.54) is 5.56 Å². The van der Waals surface area contributed by atoms with Crippen molar-refractivity contribution in [2.45, 2.75) is 31.0 Å². The number of nitrogens with zero attached hydrogens (tertiary/aromatic N) is 2. The molecule has 0 aliphatic carbocycles. The summed E-state index contributed by atoms with van der Waals surface area (Å²) in [5, 5.41) is 4.33. The molecule has 2 aromatic rings. The first-order chi connectivity index (χ1) is 10.2. The second-order valence-corrected chi connectivity index (χ2v) is 5.98. The molecule has 0 radical (unpaired) electrons. The van der Waals surface area contributed by atoms with Gasteiger partial charge in [0, 0.05) is 18.0 Å². The lowest BCUT2D eigenvalue weighted by Gasteiger charge is -2.17. The Morgan fingerprint density at radius 2 is 1.95 bits per heavy atom. The average molecular weight is 303 g/mol. The Morgan fingerprint density at radius 3 is 2.52 bits per heavy atom. The largest absolute Gasteiger partial charge is 0.491 e. The van der Waals surface area contributed by atoms with Gasteiger partial charge in [-0.2, -0.15) is 0 Å². The topological polar surface area (TPSA) is 47.0 Å². The van der Waals surface area contributed by atoms with Gasteiger partial charge in [0.15, 0.2) is 0 Å². The number of thioether (sulfide) groups is 1. The zero-order valence-corrected chi connectivity index (χ0v) is 13.4. The molecular formula is C16H21N3OS. The van der Waals surface area contributed by atoms with E-state index in [4.69, 9.17) is 4.74 Å². The molecule has 0 amide bonds. The van der Waals surface area contributed by atoms with Gasteiger partial charge in [-0.1, -0.05) is 12.1 Å². The van der Waals surface area contributed by atoms with Crippen LogP contribution in [0.5, 0.6) is 5.75 Å². The SMILES string of the molecule is CNC(CSc1ccncn1)c1ccc(OC(C)C)cc1. The van der Waals surface area contributed by atoms with Crippen molar-refractivity contribution in [1.82, 2.24) is 15.3 Å². The molecule has 0 spiro atoms. The Hall–Kier alpha value is -1.59. The highest BCUT2D eigenvalue weighted by Crippen LogP contribution is 2.24. The fourth-order valence-corrected chi connectivity index (χ4v) is 2.91. The van der Waals surface area contributed by atoms with Crippen molar-refractivity contribution in [3.8, 4) is 5.75 Å². The fraction of sp³-hybridized carbons (Fsp3) is 0.375. The van der Waals surface area contributed by atoms with Gasteiger partial charge in [-0.05, 0) is 44.7 Å². The van der Waals surface area contributed by atoms with E-state index in [2.05, 4.69) is 27.4 Å². The lowest BCUT2D eigenvalue weighted by Crippen LogP contribution is -2.18. The summed E-state index contributed by atoms with van der Waals surface area (Å²) in [5.41, 5.74) is 1.25. The molecule has 0 bridgehead atoms. The van der Waals surface area contributed by atoms with E-state index in [-0.39, 0.29) is 12.1 Å². The maximum absolute atomic E-state index is 5.67. The fourth-order valence-electron chi connectivity index (χ4n) is 1.93. The predicted octanol–water partition coefficient (Wildman–Crippen LogP) is 3.32. The van der Waals surface area contributed by atoms with Gasteiger partial charge in [-0.3, -0.25) is 0 Å². The number of benzene rings is 1. The Kier molecular flexibility index (Phi) is 6.02. The summed E-state index contributed by atoms with van der Waals surface area (Å²) in [6, 6.07) is 10.5. The van der Waals surface area contributed by atoms with Crippen LogP contribution < -0.4 is 10.1 Å². The molecule has 1 atom stereocenters. The molecule has 0 saturated heterocycles. The minimum absolute atomic E-state index is 0.198. The number of nitrogens with one attached hydrogen (secondary N) is 1. The van der Waals surface area contributed by atoms with Crippen molar-refractivity contribution in [3.05, 3.63) is 48.4 Å². The number of ether oxygens (including phenoxy) is 1. The quantitative estimate of drug-likeness (QED) is 0.628. The minimum Gasteiger partial charge on any atom is -0.491 e. The smallest absolute Gasteiger partial charge is 0.119 e. The molecule has 1 N–H and O–H groups in total. The molecule has 0 fully saturated rings. The highest BCUT2D eigenvalue weighted by atomic mass is 32.2. The summed E-state index contributed by atoms with van der Waals surface area (Å²) in [4.78, 5) is 8.16. The van der Waals surface area contributed by atoms with Crippen molar-refractivity contribution < 1.29 is 4.74 Å². The van der Waals surface area contributed by atoms with Crippen LogP contribution in [0, 0.1) is 0 Å². The normalized spacial score (nSPS) is 12.4. The van der Waals surface area contributed by atoms with Gasteiger partial charge in [0.05, 0.1) is 11.1 Å². The lowest BCUT2D eigenvalue weighted by atomic mass is 10.1. The third kappa shape index (κ3) is 5.02. The van der Waals surface area contributed by atoms with Crippen molar-refractivity contribution in [3.63, 3.8) is 0 Å². The van der Waals surface area contributed by atoms with Gasteiger partial charge in [0.25, 0.3) is 0 Å². The molecule has 2 rings (SSSR count). The third-order valence-electron chi connectivity index (χ3n) is 2.96. The molecule has 0 saturated carbocycles. The predicted molar refractivity (Wildman–Crippen MR) is 86.8 cm³/mol. The molecule has 112 valence electrons. The highest BCUT2D eigenvalue weighted by molar-refractivity contribution is 7.99. The van der Waals surface area contributed by atoms with E-state index < -0.39 is 0 Å². The van der Waals surface area contributed by atoms with E-state index in [1.807, 2.05) is 39.1 Å². The van der Waals surface area contributed by atoms with E-state index in [1.54, 1.807) is 24.3 Å². The van der Waals surface area contributed by atoms with Crippen LogP contribution in [0.2, 0.25) is 0 Å². The molecule has 21 heavy (non-hydrogen) atoms. The van der Waals surface area contributed by atoms with E-state index in [0.717, 1.165) is 16.5 Å². The second kappa shape index (κ2) is 8.00. The third-order valence-corrected chi connectivity index (χ3v) is 3.99. The van der Waals surface area contributed by atoms with Crippen LogP contribution in [0.25, 0.3) is 0 Å². The van der Waals surface area contributed by atoms with E-state index in [9.17, 15) is 0 Å². The molecule has 0 aliphatic rings. The van der Waals surface area contributed by atoms with Crippen molar-refractivity contribution in [2.24, 2.45) is 0 Å². The maximum atomic E-state index is 5.67. The average Bonchev–Trinajstić information content (AvgIpc) is 2.50. The van der Waals surface area contributed by atoms with E-state index in [0.29, 0.717) is 0 Å². The summed E-state index contributed by atoms with van der Waals surface area (Å²) < 4.78 is 5.67. The highest BCUT2D eigenvalue weighted by Gasteiger charge is 2.10. The summed E-state index contributed by atoms with van der Waals surface area (Å²) in [6.07, 6.45) is 3.54. The molecule has 1 aromatic carbocycles. The number of aromatic nitrogens is 2. The molecular weight excluding hydrogens is 282 g/mol. The Bertz CT molecular complexity index is 531. The van der Waals surface area contributed by atoms with Crippen LogP contribution in [0.15, 0.2) is 47.9 Å². The molecule has 1 unspecified atom stereocenters. The number of hydrogen-bond donors (Lipinski definition) is 1. The van der Waals surface area contributed by atoms with Crippen LogP contribution in [0.1, 0.15) is 25.5 Å². The Morgan fingerprint density at radius 1 is 1.19 bits per heavy atom. The van der Waals surface area contributed by atoms with Gasteiger partial charge >= 0.3 is 0 Å². The van der Waals surface area contributed by atoms with Crippen molar-refractivity contribution in [2.75, 3.05) is 12.8 Å². The van der Waals surface area contributed by atoms with Gasteiger partial charge < -0.3 is 10.1 Å². The number of rotatable bonds is 7. The first kappa shape index (κ1) is 15.8. The van der Waals surface area contributed by atoms with Crippen molar-refractivity contribution in [1.29, 1.82) is 0 Å². The summed E-state index contributed by atoms with van der Waals surface area (Å²) in [7, 11) is 1.98. The first-order valence-corrected chi connectivity index (χ1v) is 8.00. The molecule has 0 aliphatic heterocycles. The monoisotopic (exact) mass is 303 g/mol. The molecule has 1 heterocycles. The summed E-state index contributed by atoms with van der Waals surface area (Å²) >= 11 is 1.72. The van der Waals surface area contributed by atoms with Crippen LogP contribution in [0.3, 0.4) is 0 Å². The first-order valence-electron chi connectivity index (χ1n) is 7.01. The Labute approximate surface area is 130 Å². The van der Waals surface area contributed by atoms with E-state index >= 15 is 0 Å². The van der Waals surface area contributed by atoms with Crippen LogP contribution in [-0.4, -0.2) is 28.9 Å². The molecule has 5 heteroatoms. The van der Waals surface area contributed by atoms with Gasteiger partial charge in [-0.25, -0.2) is 9.97 Å². The Balaban J connectivity index is 1.97. The van der Waals surface area contributed by atoms with Crippen molar-refractivity contribution >= 4 is 11.8 Å². The summed E-state index contributed by atoms with van der Waals surface area (Å²) in [5.74, 6) is 1.82. The number of hydrogen-bond acceptors (Lipinski definition) is 5. The van der Waals surface area contributed by atoms with Gasteiger partial charge in [-0.15, -0.1) is 11.8 Å². The molecule has 1 aromatic heterocycles. The molecule has 4 nitrogen and oxygen atoms in total. The lowest BCUT2D eigenvalue weighted by molar-refractivity contribution is 0.242. The standard InChI is InChI=1S/C16H21N3OS/c1-12(2)20-14-6-4-13(5-7-14)15(17-3)10-21-16-8-9-18-11-19-16/h4-9,11-12,15,17H,10H2,1-3H3. The van der Waals surface area contributed by atoms with Gasteiger partial charge in [0.1, 0.15) is 12.1 Å².